The summed E-state index contributed by atoms with van der Waals surface area (Å²) in [6.07, 6.45) is 15.2. The molecule has 1 aliphatic heterocycles. The van der Waals surface area contributed by atoms with Gasteiger partial charge in [-0.25, -0.2) is 4.39 Å². The number of ether oxygens (including phenoxy) is 2. The summed E-state index contributed by atoms with van der Waals surface area (Å²) in [4.78, 5) is 14.8. The number of allylic oxidation sites excluding steroid dienone is 4. The molecule has 4 rings (SSSR count). The molecule has 5 nitrogen and oxygen atoms in total. The van der Waals surface area contributed by atoms with E-state index < -0.39 is 0 Å². The van der Waals surface area contributed by atoms with Crippen LogP contribution in [-0.2, 0) is 14.3 Å². The lowest BCUT2D eigenvalue weighted by Gasteiger charge is -2.31. The molecule has 6 heteroatoms. The second kappa shape index (κ2) is 8.39. The Hall–Kier alpha value is -3.28. The van der Waals surface area contributed by atoms with Gasteiger partial charge in [-0.05, 0) is 43.0 Å². The maximum atomic E-state index is 14.0. The Morgan fingerprint density at radius 3 is 2.93 bits per heavy atom. The molecule has 3 N–H and O–H groups in total. The average Bonchev–Trinajstić information content (AvgIpc) is 3.15. The summed E-state index contributed by atoms with van der Waals surface area (Å²) >= 11 is 0. The highest BCUT2D eigenvalue weighted by Gasteiger charge is 2.33. The number of aromatic amines is 1. The zero-order chi connectivity index (χ0) is 20.2. The third kappa shape index (κ3) is 4.11. The number of carbonyl (C=O) groups excluding carboxylic acids is 1. The number of fused-ring (bicyclic) bond motifs is 1. The number of benzene rings is 1. The van der Waals surface area contributed by atoms with Crippen LogP contribution in [0.25, 0.3) is 10.9 Å². The van der Waals surface area contributed by atoms with Crippen LogP contribution in [0.4, 0.5) is 4.39 Å². The average molecular weight is 394 g/mol. The summed E-state index contributed by atoms with van der Waals surface area (Å²) in [6, 6.07) is 4.68. The molecule has 0 spiro atoms. The van der Waals surface area contributed by atoms with Crippen LogP contribution in [0.2, 0.25) is 0 Å². The summed E-state index contributed by atoms with van der Waals surface area (Å²) in [6.45, 7) is 0. The fourth-order valence-electron chi connectivity index (χ4n) is 4.16. The van der Waals surface area contributed by atoms with Gasteiger partial charge in [0.2, 0.25) is 5.91 Å². The molecule has 2 heterocycles. The Kier molecular flexibility index (Phi) is 5.51. The molecule has 2 aliphatic rings. The van der Waals surface area contributed by atoms with Gasteiger partial charge in [0.25, 0.3) is 0 Å². The van der Waals surface area contributed by atoms with E-state index in [4.69, 9.17) is 15.2 Å². The molecule has 1 aliphatic carbocycles. The highest BCUT2D eigenvalue weighted by atomic mass is 19.1. The summed E-state index contributed by atoms with van der Waals surface area (Å²) in [5.41, 5.74) is 8.43. The first-order valence-corrected chi connectivity index (χ1v) is 9.71. The Morgan fingerprint density at radius 2 is 2.21 bits per heavy atom. The van der Waals surface area contributed by atoms with Crippen molar-refractivity contribution >= 4 is 16.8 Å². The van der Waals surface area contributed by atoms with Gasteiger partial charge in [-0.15, -0.1) is 0 Å². The van der Waals surface area contributed by atoms with E-state index in [0.717, 1.165) is 29.3 Å². The smallest absolute Gasteiger partial charge is 0.217 e. The lowest BCUT2D eigenvalue weighted by molar-refractivity contribution is -0.118. The zero-order valence-electron chi connectivity index (χ0n) is 15.9. The molecule has 150 valence electrons. The van der Waals surface area contributed by atoms with Gasteiger partial charge in [0.15, 0.2) is 0 Å². The molecule has 2 unspecified atom stereocenters. The van der Waals surface area contributed by atoms with Crippen molar-refractivity contribution in [1.29, 1.82) is 0 Å². The maximum absolute atomic E-state index is 14.0. The van der Waals surface area contributed by atoms with Crippen LogP contribution in [0, 0.1) is 11.7 Å². The van der Waals surface area contributed by atoms with Crippen LogP contribution < -0.4 is 5.73 Å². The van der Waals surface area contributed by atoms with Gasteiger partial charge in [0.05, 0.1) is 0 Å². The minimum absolute atomic E-state index is 0.142. The highest BCUT2D eigenvalue weighted by Crippen LogP contribution is 2.44. The van der Waals surface area contributed by atoms with E-state index in [9.17, 15) is 9.18 Å². The first-order chi connectivity index (χ1) is 14.1. The lowest BCUT2D eigenvalue weighted by Crippen LogP contribution is -2.22. The van der Waals surface area contributed by atoms with Crippen molar-refractivity contribution in [3.05, 3.63) is 84.1 Å². The molecular weight excluding hydrogens is 371 g/mol. The predicted octanol–water partition coefficient (Wildman–Crippen LogP) is 4.91. The Morgan fingerprint density at radius 1 is 1.31 bits per heavy atom. The number of halogens is 1. The number of aromatic nitrogens is 1. The molecule has 2 aromatic rings. The molecule has 2 atom stereocenters. The zero-order valence-corrected chi connectivity index (χ0v) is 15.9. The summed E-state index contributed by atoms with van der Waals surface area (Å²) < 4.78 is 25.2. The van der Waals surface area contributed by atoms with Crippen molar-refractivity contribution in [2.24, 2.45) is 11.7 Å². The number of hydrogen-bond donors (Lipinski definition) is 2. The van der Waals surface area contributed by atoms with Crippen LogP contribution in [0.5, 0.6) is 0 Å². The van der Waals surface area contributed by atoms with Crippen molar-refractivity contribution in [1.82, 2.24) is 4.98 Å². The largest absolute Gasteiger partial charge is 0.466 e. The molecular formula is C23H23FN2O3. The standard InChI is InChI=1S/C23H23FN2O3/c24-16-6-8-20-18(12-16)19(13-26-20)17(7-9-22(25)27)23(15-4-2-1-3-5-15)21-14-28-10-11-29-21/h1-2,4,6,8,10-14,17,23,26H,3,5,7,9H2,(H2,25,27). The minimum Gasteiger partial charge on any atom is -0.466 e. The molecule has 0 bridgehead atoms. The van der Waals surface area contributed by atoms with E-state index in [1.54, 1.807) is 12.3 Å². The van der Waals surface area contributed by atoms with Crippen LogP contribution >= 0.6 is 0 Å². The van der Waals surface area contributed by atoms with Crippen LogP contribution in [0.1, 0.15) is 37.2 Å². The monoisotopic (exact) mass is 394 g/mol. The maximum Gasteiger partial charge on any atom is 0.217 e. The molecule has 0 fully saturated rings. The first kappa shape index (κ1) is 19.1. The minimum atomic E-state index is -0.369. The van der Waals surface area contributed by atoms with Gasteiger partial charge >= 0.3 is 0 Å². The van der Waals surface area contributed by atoms with Crippen molar-refractivity contribution in [2.75, 3.05) is 0 Å². The fraction of sp³-hybridized carbons (Fsp3) is 0.261. The third-order valence-electron chi connectivity index (χ3n) is 5.45. The summed E-state index contributed by atoms with van der Waals surface area (Å²) in [5.74, 6) is -0.312. The molecule has 1 aromatic heterocycles. The Bertz CT molecular complexity index is 1030. The Balaban J connectivity index is 1.83. The Labute approximate surface area is 168 Å². The first-order valence-electron chi connectivity index (χ1n) is 9.71. The molecule has 29 heavy (non-hydrogen) atoms. The number of nitrogens with one attached hydrogen (secondary N) is 1. The van der Waals surface area contributed by atoms with E-state index >= 15 is 0 Å². The van der Waals surface area contributed by atoms with E-state index in [1.165, 1.54) is 30.2 Å². The molecule has 1 amide bonds. The second-order valence-corrected chi connectivity index (χ2v) is 7.28. The van der Waals surface area contributed by atoms with Crippen LogP contribution in [0.15, 0.2) is 72.7 Å². The number of H-pyrrole nitrogens is 1. The summed E-state index contributed by atoms with van der Waals surface area (Å²) in [5, 5.41) is 0.796. The number of rotatable bonds is 7. The third-order valence-corrected chi connectivity index (χ3v) is 5.45. The van der Waals surface area contributed by atoms with Crippen LogP contribution in [-0.4, -0.2) is 10.9 Å². The van der Waals surface area contributed by atoms with Gasteiger partial charge in [-0.1, -0.05) is 23.8 Å². The van der Waals surface area contributed by atoms with Gasteiger partial charge in [0.1, 0.15) is 30.4 Å². The molecule has 0 radical (unpaired) electrons. The number of hydrogen-bond acceptors (Lipinski definition) is 3. The van der Waals surface area contributed by atoms with Gasteiger partial charge in [0, 0.05) is 35.4 Å². The second-order valence-electron chi connectivity index (χ2n) is 7.28. The lowest BCUT2D eigenvalue weighted by atomic mass is 9.75. The topological polar surface area (TPSA) is 77.3 Å². The number of nitrogens with two attached hydrogens (primary N) is 1. The van der Waals surface area contributed by atoms with E-state index in [0.29, 0.717) is 12.2 Å². The van der Waals surface area contributed by atoms with Gasteiger partial charge < -0.3 is 20.2 Å². The molecule has 0 saturated heterocycles. The molecule has 0 saturated carbocycles. The summed E-state index contributed by atoms with van der Waals surface area (Å²) in [7, 11) is 0. The quantitative estimate of drug-likeness (QED) is 0.701. The number of carbonyl (C=O) groups is 1. The van der Waals surface area contributed by atoms with Gasteiger partial charge in [-0.2, -0.15) is 0 Å². The SMILES string of the molecule is NC(=O)CCC(c1c[nH]c2ccc(F)cc12)C(C1=CC=CCC1)C1=COC=CO1. The van der Waals surface area contributed by atoms with Gasteiger partial charge in [-0.3, -0.25) is 4.79 Å². The molecule has 1 aromatic carbocycles. The van der Waals surface area contributed by atoms with Crippen molar-refractivity contribution < 1.29 is 18.7 Å². The highest BCUT2D eigenvalue weighted by molar-refractivity contribution is 5.84. The number of amides is 1. The van der Waals surface area contributed by atoms with Crippen LogP contribution in [0.3, 0.4) is 0 Å². The van der Waals surface area contributed by atoms with Crippen molar-refractivity contribution in [3.63, 3.8) is 0 Å². The predicted molar refractivity (Wildman–Crippen MR) is 109 cm³/mol. The van der Waals surface area contributed by atoms with Crippen molar-refractivity contribution in [2.45, 2.75) is 31.6 Å². The van der Waals surface area contributed by atoms with E-state index in [2.05, 4.69) is 17.1 Å². The van der Waals surface area contributed by atoms with E-state index in [-0.39, 0.29) is 30.0 Å². The fourth-order valence-corrected chi connectivity index (χ4v) is 4.16. The normalized spacial score (nSPS) is 17.8. The van der Waals surface area contributed by atoms with E-state index in [1.807, 2.05) is 12.3 Å². The number of primary amides is 1. The van der Waals surface area contributed by atoms with Crippen molar-refractivity contribution in [3.8, 4) is 0 Å².